The minimum absolute atomic E-state index is 0.409. The normalized spacial score (nSPS) is 11.2. The van der Waals surface area contributed by atoms with Crippen molar-refractivity contribution in [3.05, 3.63) is 39.3 Å². The molecule has 3 rings (SSSR count). The molecule has 0 aliphatic carbocycles. The van der Waals surface area contributed by atoms with E-state index in [1.165, 1.54) is 27.7 Å². The van der Waals surface area contributed by atoms with E-state index in [1.807, 2.05) is 0 Å². The first-order chi connectivity index (χ1) is 13.0. The molecule has 0 amide bonds. The van der Waals surface area contributed by atoms with Gasteiger partial charge in [-0.15, -0.1) is 16.8 Å². The van der Waals surface area contributed by atoms with Gasteiger partial charge in [0, 0.05) is 20.1 Å². The van der Waals surface area contributed by atoms with Crippen molar-refractivity contribution in [1.82, 2.24) is 29.3 Å². The number of nitrogens with one attached hydrogen (secondary N) is 2. The van der Waals surface area contributed by atoms with Crippen molar-refractivity contribution in [2.45, 2.75) is 36.4 Å². The lowest BCUT2D eigenvalue weighted by molar-refractivity contribution is 0.613. The fourth-order valence-electron chi connectivity index (χ4n) is 2.57. The molecule has 11 heteroatoms. The summed E-state index contributed by atoms with van der Waals surface area (Å²) in [6, 6.07) is 0. The van der Waals surface area contributed by atoms with Crippen LogP contribution in [0.15, 0.2) is 26.6 Å². The number of unbranched alkanes of at least 4 members (excludes halogenated alkanes) is 1. The van der Waals surface area contributed by atoms with Crippen LogP contribution in [0, 0.1) is 0 Å². The highest BCUT2D eigenvalue weighted by Gasteiger charge is 2.17. The number of hydrogen-bond acceptors (Lipinski definition) is 8. The third kappa shape index (κ3) is 4.14. The minimum atomic E-state index is -0.416. The zero-order valence-corrected chi connectivity index (χ0v) is 16.8. The van der Waals surface area contributed by atoms with Gasteiger partial charge in [-0.2, -0.15) is 0 Å². The summed E-state index contributed by atoms with van der Waals surface area (Å²) in [5.74, 6) is 1.22. The Hall–Kier alpha value is -2.40. The molecule has 3 aromatic heterocycles. The summed E-state index contributed by atoms with van der Waals surface area (Å²) in [7, 11) is 1.78. The number of aromatic nitrogens is 6. The molecule has 3 aromatic rings. The fourth-order valence-corrected chi connectivity index (χ4v) is 4.31. The molecule has 27 heavy (non-hydrogen) atoms. The van der Waals surface area contributed by atoms with E-state index >= 15 is 0 Å². The topological polar surface area (TPSA) is 110 Å². The third-order valence-electron chi connectivity index (χ3n) is 3.97. The van der Waals surface area contributed by atoms with Gasteiger partial charge in [-0.1, -0.05) is 42.5 Å². The molecule has 3 heterocycles. The smallest absolute Gasteiger partial charge is 0.330 e. The van der Waals surface area contributed by atoms with Gasteiger partial charge in [-0.25, -0.2) is 9.78 Å². The lowest BCUT2D eigenvalue weighted by Gasteiger charge is -2.04. The van der Waals surface area contributed by atoms with Crippen molar-refractivity contribution in [3.63, 3.8) is 0 Å². The Morgan fingerprint density at radius 1 is 1.37 bits per heavy atom. The number of hydrogen-bond donors (Lipinski definition) is 2. The molecule has 0 bridgehead atoms. The predicted octanol–water partition coefficient (Wildman–Crippen LogP) is 1.97. The largest absolute Gasteiger partial charge is 0.357 e. The fraction of sp³-hybridized carbons (Fsp3) is 0.438. The second-order valence-electron chi connectivity index (χ2n) is 5.86. The molecule has 144 valence electrons. The maximum Gasteiger partial charge on any atom is 0.330 e. The molecule has 0 spiro atoms. The molecule has 0 saturated carbocycles. The zero-order valence-electron chi connectivity index (χ0n) is 15.2. The molecule has 0 aromatic carbocycles. The summed E-state index contributed by atoms with van der Waals surface area (Å²) in [6.45, 7) is 6.86. The Balaban J connectivity index is 1.86. The zero-order chi connectivity index (χ0) is 19.4. The lowest BCUT2D eigenvalue weighted by atomic mass is 10.3. The molecule has 0 aliphatic rings. The maximum absolute atomic E-state index is 12.3. The second-order valence-corrected chi connectivity index (χ2v) is 8.06. The quantitative estimate of drug-likeness (QED) is 0.412. The first kappa shape index (κ1) is 19.4. The highest BCUT2D eigenvalue weighted by Crippen LogP contribution is 2.28. The van der Waals surface area contributed by atoms with E-state index in [0.29, 0.717) is 35.8 Å². The number of H-pyrrole nitrogens is 1. The van der Waals surface area contributed by atoms with Gasteiger partial charge in [0.15, 0.2) is 15.5 Å². The number of aromatic amines is 1. The van der Waals surface area contributed by atoms with Crippen LogP contribution in [0.25, 0.3) is 11.2 Å². The van der Waals surface area contributed by atoms with Crippen molar-refractivity contribution in [2.75, 3.05) is 11.9 Å². The van der Waals surface area contributed by atoms with Gasteiger partial charge in [0.1, 0.15) is 5.82 Å². The van der Waals surface area contributed by atoms with Gasteiger partial charge in [0.25, 0.3) is 5.56 Å². The highest BCUT2D eigenvalue weighted by atomic mass is 32.2. The van der Waals surface area contributed by atoms with E-state index in [9.17, 15) is 9.59 Å². The van der Waals surface area contributed by atoms with E-state index in [-0.39, 0.29) is 0 Å². The van der Waals surface area contributed by atoms with Gasteiger partial charge < -0.3 is 9.88 Å². The number of aryl methyl sites for hydroxylation is 2. The average Bonchev–Trinajstić information content (AvgIpc) is 3.22. The SMILES string of the molecule is C=CCNc1nnc(SCc2nc3c(c(=O)[nH]c(=O)n3CCCC)n2C)s1. The van der Waals surface area contributed by atoms with Crippen LogP contribution in [0.1, 0.15) is 25.6 Å². The van der Waals surface area contributed by atoms with Gasteiger partial charge in [0.2, 0.25) is 5.13 Å². The summed E-state index contributed by atoms with van der Waals surface area (Å²) in [4.78, 5) is 31.4. The first-order valence-corrected chi connectivity index (χ1v) is 10.3. The Kier molecular flexibility index (Phi) is 6.11. The Morgan fingerprint density at radius 2 is 2.19 bits per heavy atom. The Labute approximate surface area is 163 Å². The summed E-state index contributed by atoms with van der Waals surface area (Å²) in [5, 5.41) is 12.0. The standard InChI is InChI=1S/C16H21N7O2S2/c1-4-6-8-23-12-11(13(24)19-15(23)25)22(3)10(18-12)9-26-16-21-20-14(27-16)17-7-5-2/h5H,2,4,6-9H2,1,3H3,(H,17,20)(H,19,24,25). The van der Waals surface area contributed by atoms with Crippen molar-refractivity contribution in [2.24, 2.45) is 7.05 Å². The highest BCUT2D eigenvalue weighted by molar-refractivity contribution is 8.00. The third-order valence-corrected chi connectivity index (χ3v) is 5.98. The first-order valence-electron chi connectivity index (χ1n) is 8.54. The summed E-state index contributed by atoms with van der Waals surface area (Å²) in [6.07, 6.45) is 3.54. The van der Waals surface area contributed by atoms with Crippen LogP contribution in [-0.2, 0) is 19.3 Å². The van der Waals surface area contributed by atoms with Crippen LogP contribution in [0.3, 0.4) is 0 Å². The molecular weight excluding hydrogens is 386 g/mol. The summed E-state index contributed by atoms with van der Waals surface area (Å²) < 4.78 is 4.07. The molecular formula is C16H21N7O2S2. The van der Waals surface area contributed by atoms with Crippen LogP contribution in [-0.4, -0.2) is 35.8 Å². The number of thioether (sulfide) groups is 1. The van der Waals surface area contributed by atoms with Crippen LogP contribution in [0.2, 0.25) is 0 Å². The van der Waals surface area contributed by atoms with Gasteiger partial charge in [-0.05, 0) is 6.42 Å². The molecule has 0 fully saturated rings. The van der Waals surface area contributed by atoms with Crippen LogP contribution < -0.4 is 16.6 Å². The van der Waals surface area contributed by atoms with Crippen molar-refractivity contribution in [1.29, 1.82) is 0 Å². The van der Waals surface area contributed by atoms with E-state index in [2.05, 4.69) is 39.0 Å². The van der Waals surface area contributed by atoms with Gasteiger partial charge >= 0.3 is 5.69 Å². The summed E-state index contributed by atoms with van der Waals surface area (Å²) >= 11 is 2.93. The molecule has 9 nitrogen and oxygen atoms in total. The van der Waals surface area contributed by atoms with Crippen LogP contribution >= 0.6 is 23.1 Å². The van der Waals surface area contributed by atoms with Crippen molar-refractivity contribution >= 4 is 39.4 Å². The molecule has 2 N–H and O–H groups in total. The number of imidazole rings is 1. The molecule has 0 saturated heterocycles. The minimum Gasteiger partial charge on any atom is -0.357 e. The van der Waals surface area contributed by atoms with Crippen LogP contribution in [0.4, 0.5) is 5.13 Å². The molecule has 0 atom stereocenters. The van der Waals surface area contributed by atoms with Crippen LogP contribution in [0.5, 0.6) is 0 Å². The van der Waals surface area contributed by atoms with E-state index in [1.54, 1.807) is 17.7 Å². The molecule has 0 aliphatic heterocycles. The second kappa shape index (κ2) is 8.53. The van der Waals surface area contributed by atoms with Gasteiger partial charge in [-0.3, -0.25) is 14.3 Å². The molecule has 0 radical (unpaired) electrons. The Morgan fingerprint density at radius 3 is 2.93 bits per heavy atom. The number of anilines is 1. The lowest BCUT2D eigenvalue weighted by Crippen LogP contribution is -2.31. The van der Waals surface area contributed by atoms with E-state index < -0.39 is 11.2 Å². The van der Waals surface area contributed by atoms with Crippen molar-refractivity contribution in [3.8, 4) is 0 Å². The number of nitrogens with zero attached hydrogens (tertiary/aromatic N) is 5. The van der Waals surface area contributed by atoms with Crippen molar-refractivity contribution < 1.29 is 0 Å². The van der Waals surface area contributed by atoms with E-state index in [4.69, 9.17) is 0 Å². The predicted molar refractivity (Wildman–Crippen MR) is 109 cm³/mol. The monoisotopic (exact) mass is 407 g/mol. The average molecular weight is 408 g/mol. The Bertz CT molecular complexity index is 1060. The van der Waals surface area contributed by atoms with Gasteiger partial charge in [0.05, 0.1) is 5.75 Å². The molecule has 0 unspecified atom stereocenters. The number of fused-ring (bicyclic) bond motifs is 1. The van der Waals surface area contributed by atoms with E-state index in [0.717, 1.165) is 22.3 Å². The maximum atomic E-state index is 12.3. The summed E-state index contributed by atoms with van der Waals surface area (Å²) in [5.41, 5.74) is 0.00828. The number of rotatable bonds is 9.